The summed E-state index contributed by atoms with van der Waals surface area (Å²) in [6, 6.07) is 1.79. The average molecular weight is 471 g/mol. The fraction of sp³-hybridized carbons (Fsp3) is 0.444. The first kappa shape index (κ1) is 22.2. The molecule has 1 saturated heterocycles. The molecule has 2 N–H and O–H groups in total. The minimum atomic E-state index is -4.55. The second kappa shape index (κ2) is 7.85. The molecule has 0 radical (unpaired) electrons. The Morgan fingerprint density at radius 3 is 2.75 bits per heavy atom. The van der Waals surface area contributed by atoms with E-state index in [1.165, 1.54) is 28.4 Å². The predicted octanol–water partition coefficient (Wildman–Crippen LogP) is 1.25. The van der Waals surface area contributed by atoms with Gasteiger partial charge in [0.1, 0.15) is 18.5 Å². The van der Waals surface area contributed by atoms with Crippen molar-refractivity contribution >= 4 is 27.0 Å². The largest absolute Gasteiger partial charge is 0.405 e. The topological polar surface area (TPSA) is 126 Å². The lowest BCUT2D eigenvalue weighted by molar-refractivity contribution is -0.140. The number of halogens is 3. The van der Waals surface area contributed by atoms with E-state index >= 15 is 0 Å². The van der Waals surface area contributed by atoms with Gasteiger partial charge in [-0.05, 0) is 13.0 Å². The summed E-state index contributed by atoms with van der Waals surface area (Å²) in [7, 11) is -3.52. The zero-order chi connectivity index (χ0) is 23.1. The Labute approximate surface area is 180 Å². The van der Waals surface area contributed by atoms with E-state index in [-0.39, 0.29) is 25.3 Å². The maximum Gasteiger partial charge on any atom is 0.405 e. The van der Waals surface area contributed by atoms with E-state index in [1.807, 2.05) is 5.32 Å². The average Bonchev–Trinajstić information content (AvgIpc) is 3.37. The summed E-state index contributed by atoms with van der Waals surface area (Å²) in [6.45, 7) is -0.121. The normalized spacial score (nSPS) is 16.8. The molecule has 0 unspecified atom stereocenters. The molecular weight excluding hydrogens is 451 g/mol. The van der Waals surface area contributed by atoms with Crippen molar-refractivity contribution in [1.29, 1.82) is 0 Å². The van der Waals surface area contributed by atoms with Gasteiger partial charge in [-0.15, -0.1) is 0 Å². The number of carbonyl (C=O) groups is 1. The fourth-order valence-corrected chi connectivity index (χ4v) is 4.93. The Balaban J connectivity index is 1.63. The molecule has 0 bridgehead atoms. The highest BCUT2D eigenvalue weighted by Gasteiger charge is 2.51. The van der Waals surface area contributed by atoms with Crippen LogP contribution in [0.5, 0.6) is 0 Å². The molecular formula is C18H20F3N7O3S. The van der Waals surface area contributed by atoms with Crippen LogP contribution in [0.2, 0.25) is 0 Å². The third-order valence-electron chi connectivity index (χ3n) is 5.37. The van der Waals surface area contributed by atoms with Gasteiger partial charge >= 0.3 is 6.18 Å². The Morgan fingerprint density at radius 2 is 2.06 bits per heavy atom. The van der Waals surface area contributed by atoms with Gasteiger partial charge in [-0.1, -0.05) is 0 Å². The smallest absolute Gasteiger partial charge is 0.347 e. The summed E-state index contributed by atoms with van der Waals surface area (Å²) in [6.07, 6.45) is 1.31. The summed E-state index contributed by atoms with van der Waals surface area (Å²) in [5, 5.41) is 6.89. The number of sulfonamides is 1. The molecule has 32 heavy (non-hydrogen) atoms. The maximum absolute atomic E-state index is 12.5. The second-order valence-corrected chi connectivity index (χ2v) is 9.86. The number of nitrogens with one attached hydrogen (secondary N) is 2. The zero-order valence-electron chi connectivity index (χ0n) is 16.9. The van der Waals surface area contributed by atoms with Crippen LogP contribution in [0.25, 0.3) is 22.3 Å². The Kier molecular flexibility index (Phi) is 5.45. The van der Waals surface area contributed by atoms with Gasteiger partial charge in [0.15, 0.2) is 0 Å². The molecule has 3 aromatic heterocycles. The quantitative estimate of drug-likeness (QED) is 0.534. The van der Waals surface area contributed by atoms with Crippen molar-refractivity contribution in [2.45, 2.75) is 25.1 Å². The molecule has 1 aliphatic heterocycles. The second-order valence-electron chi connectivity index (χ2n) is 7.60. The number of hydrogen-bond acceptors (Lipinski definition) is 6. The van der Waals surface area contributed by atoms with Gasteiger partial charge in [-0.25, -0.2) is 18.4 Å². The highest BCUT2D eigenvalue weighted by Crippen LogP contribution is 2.36. The van der Waals surface area contributed by atoms with E-state index in [4.69, 9.17) is 0 Å². The van der Waals surface area contributed by atoms with Gasteiger partial charge in [0, 0.05) is 36.4 Å². The first-order valence-corrected chi connectivity index (χ1v) is 11.3. The van der Waals surface area contributed by atoms with E-state index in [0.717, 1.165) is 5.39 Å². The summed E-state index contributed by atoms with van der Waals surface area (Å²) in [5.41, 5.74) is 0.689. The summed E-state index contributed by atoms with van der Waals surface area (Å²) in [5.74, 6) is -0.969. The minimum absolute atomic E-state index is 0.0763. The van der Waals surface area contributed by atoms with Crippen molar-refractivity contribution in [2.75, 3.05) is 25.4 Å². The predicted molar refractivity (Wildman–Crippen MR) is 108 cm³/mol. The molecule has 0 aliphatic carbocycles. The number of carbonyl (C=O) groups excluding carboxylic acids is 1. The van der Waals surface area contributed by atoms with Crippen LogP contribution in [-0.4, -0.2) is 74.9 Å². The van der Waals surface area contributed by atoms with Crippen molar-refractivity contribution in [2.24, 2.45) is 0 Å². The molecule has 4 rings (SSSR count). The number of amides is 1. The number of rotatable bonds is 7. The molecule has 1 amide bonds. The van der Waals surface area contributed by atoms with Crippen molar-refractivity contribution in [3.05, 3.63) is 31.0 Å². The number of fused-ring (bicyclic) bond motifs is 1. The number of nitrogens with zero attached hydrogens (tertiary/aromatic N) is 5. The van der Waals surface area contributed by atoms with Crippen LogP contribution in [0.15, 0.2) is 31.0 Å². The Hall–Kier alpha value is -3.00. The zero-order valence-corrected chi connectivity index (χ0v) is 17.7. The van der Waals surface area contributed by atoms with E-state index < -0.39 is 34.2 Å². The van der Waals surface area contributed by atoms with Gasteiger partial charge in [0.2, 0.25) is 15.9 Å². The minimum Gasteiger partial charge on any atom is -0.347 e. The van der Waals surface area contributed by atoms with Crippen molar-refractivity contribution < 1.29 is 26.4 Å². The molecule has 172 valence electrons. The molecule has 0 spiro atoms. The van der Waals surface area contributed by atoms with Crippen LogP contribution < -0.4 is 5.32 Å². The number of aromatic nitrogens is 5. The van der Waals surface area contributed by atoms with Crippen molar-refractivity contribution in [3.63, 3.8) is 0 Å². The van der Waals surface area contributed by atoms with Crippen LogP contribution in [0, 0.1) is 0 Å². The third kappa shape index (κ3) is 4.19. The van der Waals surface area contributed by atoms with E-state index in [9.17, 15) is 26.4 Å². The summed E-state index contributed by atoms with van der Waals surface area (Å²) < 4.78 is 64.5. The summed E-state index contributed by atoms with van der Waals surface area (Å²) >= 11 is 0. The molecule has 10 nitrogen and oxygen atoms in total. The summed E-state index contributed by atoms with van der Waals surface area (Å²) in [4.78, 5) is 23.6. The monoisotopic (exact) mass is 471 g/mol. The Bertz CT molecular complexity index is 1250. The molecule has 3 aromatic rings. The van der Waals surface area contributed by atoms with Gasteiger partial charge < -0.3 is 10.3 Å². The lowest BCUT2D eigenvalue weighted by Crippen LogP contribution is -2.65. The molecule has 1 aliphatic rings. The van der Waals surface area contributed by atoms with E-state index in [0.29, 0.717) is 16.9 Å². The maximum atomic E-state index is 12.5. The molecule has 1 fully saturated rings. The number of H-pyrrole nitrogens is 1. The first-order chi connectivity index (χ1) is 15.0. The first-order valence-electron chi connectivity index (χ1n) is 9.68. The SMILES string of the molecule is CCS(=O)(=O)N1CC(CC(=O)NCC(F)(F)F)(n2cc(-c3ncnc4[nH]ccc34)cn2)C1. The lowest BCUT2D eigenvalue weighted by atomic mass is 9.88. The van der Waals surface area contributed by atoms with Crippen molar-refractivity contribution in [1.82, 2.24) is 34.4 Å². The molecule has 0 saturated carbocycles. The Morgan fingerprint density at radius 1 is 1.31 bits per heavy atom. The highest BCUT2D eigenvalue weighted by molar-refractivity contribution is 7.89. The molecule has 4 heterocycles. The molecule has 14 heteroatoms. The fourth-order valence-electron chi connectivity index (χ4n) is 3.69. The highest BCUT2D eigenvalue weighted by atomic mass is 32.2. The van der Waals surface area contributed by atoms with Gasteiger partial charge in [-0.3, -0.25) is 9.48 Å². The molecule has 0 atom stereocenters. The van der Waals surface area contributed by atoms with Crippen molar-refractivity contribution in [3.8, 4) is 11.3 Å². The number of hydrogen-bond donors (Lipinski definition) is 2. The lowest BCUT2D eigenvalue weighted by Gasteiger charge is -2.48. The van der Waals surface area contributed by atoms with Crippen LogP contribution >= 0.6 is 0 Å². The third-order valence-corrected chi connectivity index (χ3v) is 7.15. The van der Waals surface area contributed by atoms with Crippen LogP contribution in [0.4, 0.5) is 13.2 Å². The number of alkyl halides is 3. The van der Waals surface area contributed by atoms with Crippen LogP contribution in [0.3, 0.4) is 0 Å². The van der Waals surface area contributed by atoms with Gasteiger partial charge in [0.25, 0.3) is 0 Å². The van der Waals surface area contributed by atoms with Gasteiger partial charge in [-0.2, -0.15) is 22.6 Å². The van der Waals surface area contributed by atoms with Crippen LogP contribution in [-0.2, 0) is 20.4 Å². The molecule has 0 aromatic carbocycles. The van der Waals surface area contributed by atoms with E-state index in [1.54, 1.807) is 18.5 Å². The van der Waals surface area contributed by atoms with E-state index in [2.05, 4.69) is 20.1 Å². The number of aromatic amines is 1. The van der Waals surface area contributed by atoms with Crippen LogP contribution in [0.1, 0.15) is 13.3 Å². The standard InChI is InChI=1S/C18H20F3N7O3S/c1-2-32(30,31)27-9-17(10-27,5-14(29)23-8-18(19,20)21)28-7-12(6-26-28)15-13-3-4-22-16(13)25-11-24-15/h3-4,6-7,11H,2,5,8-10H2,1H3,(H,23,29)(H,22,24,25). The van der Waals surface area contributed by atoms with Gasteiger partial charge in [0.05, 0.1) is 29.6 Å².